The molecule has 4 heteroatoms. The van der Waals surface area contributed by atoms with E-state index < -0.39 is 17.0 Å². The number of hydrogen-bond acceptors (Lipinski definition) is 4. The van der Waals surface area contributed by atoms with Gasteiger partial charge in [-0.25, -0.2) is 9.78 Å². The molecule has 0 aromatic heterocycles. The molecule has 0 N–H and O–H groups in total. The van der Waals surface area contributed by atoms with Crippen LogP contribution in [0.1, 0.15) is 54.0 Å². The summed E-state index contributed by atoms with van der Waals surface area (Å²) in [6.07, 6.45) is 0. The normalized spacial score (nSPS) is 13.6. The van der Waals surface area contributed by atoms with Gasteiger partial charge in [-0.2, -0.15) is 9.78 Å². The van der Waals surface area contributed by atoms with Gasteiger partial charge in [0.25, 0.3) is 5.79 Å². The van der Waals surface area contributed by atoms with E-state index >= 15 is 0 Å². The first-order valence-electron chi connectivity index (χ1n) is 6.81. The van der Waals surface area contributed by atoms with Crippen LogP contribution in [0.5, 0.6) is 0 Å². The molecule has 0 bridgehead atoms. The van der Waals surface area contributed by atoms with E-state index in [1.165, 1.54) is 0 Å². The molecule has 0 radical (unpaired) electrons. The highest BCUT2D eigenvalue weighted by molar-refractivity contribution is 5.19. The van der Waals surface area contributed by atoms with Crippen molar-refractivity contribution in [1.82, 2.24) is 0 Å². The van der Waals surface area contributed by atoms with Gasteiger partial charge in [-0.15, -0.1) is 0 Å². The second kappa shape index (κ2) is 6.22. The molecule has 20 heavy (non-hydrogen) atoms. The van der Waals surface area contributed by atoms with Crippen LogP contribution in [0.4, 0.5) is 0 Å². The first kappa shape index (κ1) is 17.1. The molecule has 0 atom stereocenters. The fraction of sp³-hybridized carbons (Fsp3) is 0.625. The van der Waals surface area contributed by atoms with Crippen molar-refractivity contribution in [2.24, 2.45) is 0 Å². The maximum Gasteiger partial charge on any atom is 0.256 e. The van der Waals surface area contributed by atoms with Crippen LogP contribution >= 0.6 is 0 Å². The molecule has 114 valence electrons. The number of benzene rings is 1. The van der Waals surface area contributed by atoms with Gasteiger partial charge in [0.2, 0.25) is 0 Å². The minimum Gasteiger partial charge on any atom is -0.227 e. The van der Waals surface area contributed by atoms with Crippen LogP contribution in [0.15, 0.2) is 30.3 Å². The minimum atomic E-state index is -1.14. The molecule has 1 rings (SSSR count). The zero-order chi connectivity index (χ0) is 15.4. The fourth-order valence-electron chi connectivity index (χ4n) is 1.26. The number of hydrogen-bond donors (Lipinski definition) is 0. The maximum atomic E-state index is 5.53. The van der Waals surface area contributed by atoms with Crippen molar-refractivity contribution in [3.05, 3.63) is 35.9 Å². The smallest absolute Gasteiger partial charge is 0.227 e. The topological polar surface area (TPSA) is 36.9 Å². The molecular formula is C16H26O4. The van der Waals surface area contributed by atoms with Gasteiger partial charge in [0.15, 0.2) is 0 Å². The second-order valence-corrected chi connectivity index (χ2v) is 6.87. The lowest BCUT2D eigenvalue weighted by Crippen LogP contribution is -2.36. The lowest BCUT2D eigenvalue weighted by Gasteiger charge is -2.32. The maximum absolute atomic E-state index is 5.53. The van der Waals surface area contributed by atoms with Crippen molar-refractivity contribution in [3.8, 4) is 0 Å². The Morgan fingerprint density at radius 3 is 1.35 bits per heavy atom. The molecule has 0 fully saturated rings. The van der Waals surface area contributed by atoms with Crippen LogP contribution in [0.25, 0.3) is 0 Å². The standard InChI is InChI=1S/C16H26O4/c1-14(2,3)17-19-16(7,20-18-15(4,5)6)13-11-9-8-10-12-13/h8-12H,1-7H3. The average molecular weight is 282 g/mol. The summed E-state index contributed by atoms with van der Waals surface area (Å²) in [7, 11) is 0. The third-order valence-corrected chi connectivity index (χ3v) is 2.20. The van der Waals surface area contributed by atoms with Crippen molar-refractivity contribution >= 4 is 0 Å². The summed E-state index contributed by atoms with van der Waals surface area (Å²) in [6.45, 7) is 13.2. The zero-order valence-electron chi connectivity index (χ0n) is 13.5. The van der Waals surface area contributed by atoms with Gasteiger partial charge in [0, 0.05) is 5.56 Å². The molecule has 0 amide bonds. The number of rotatable bonds is 5. The van der Waals surface area contributed by atoms with E-state index in [0.717, 1.165) is 5.56 Å². The molecule has 0 aliphatic heterocycles. The summed E-state index contributed by atoms with van der Waals surface area (Å²) < 4.78 is 0. The molecule has 0 saturated carbocycles. The Labute approximate surface area is 121 Å². The van der Waals surface area contributed by atoms with Crippen LogP contribution in [-0.2, 0) is 25.3 Å². The first-order valence-corrected chi connectivity index (χ1v) is 6.81. The summed E-state index contributed by atoms with van der Waals surface area (Å²) in [5.74, 6) is -1.14. The third-order valence-electron chi connectivity index (χ3n) is 2.20. The Kier molecular flexibility index (Phi) is 5.33. The van der Waals surface area contributed by atoms with E-state index in [4.69, 9.17) is 19.6 Å². The quantitative estimate of drug-likeness (QED) is 0.457. The molecule has 0 heterocycles. The highest BCUT2D eigenvalue weighted by atomic mass is 17.3. The molecular weight excluding hydrogens is 256 g/mol. The molecule has 4 nitrogen and oxygen atoms in total. The predicted octanol–water partition coefficient (Wildman–Crippen LogP) is 4.35. The van der Waals surface area contributed by atoms with Crippen molar-refractivity contribution in [2.45, 2.75) is 65.5 Å². The van der Waals surface area contributed by atoms with Gasteiger partial charge in [-0.1, -0.05) is 30.3 Å². The zero-order valence-corrected chi connectivity index (χ0v) is 13.5. The second-order valence-electron chi connectivity index (χ2n) is 6.87. The Balaban J connectivity index is 2.88. The van der Waals surface area contributed by atoms with E-state index in [1.54, 1.807) is 6.92 Å². The van der Waals surface area contributed by atoms with Crippen molar-refractivity contribution in [1.29, 1.82) is 0 Å². The molecule has 1 aromatic rings. The molecule has 0 saturated heterocycles. The minimum absolute atomic E-state index is 0.443. The molecule has 0 unspecified atom stereocenters. The molecule has 0 aliphatic carbocycles. The largest absolute Gasteiger partial charge is 0.256 e. The highest BCUT2D eigenvalue weighted by Gasteiger charge is 2.35. The van der Waals surface area contributed by atoms with Crippen molar-refractivity contribution in [3.63, 3.8) is 0 Å². The lowest BCUT2D eigenvalue weighted by atomic mass is 10.1. The molecule has 1 aromatic carbocycles. The van der Waals surface area contributed by atoms with Gasteiger partial charge in [-0.3, -0.25) is 0 Å². The fourth-order valence-corrected chi connectivity index (χ4v) is 1.26. The van der Waals surface area contributed by atoms with E-state index in [-0.39, 0.29) is 0 Å². The predicted molar refractivity (Wildman–Crippen MR) is 77.6 cm³/mol. The van der Waals surface area contributed by atoms with Crippen LogP contribution < -0.4 is 0 Å². The van der Waals surface area contributed by atoms with Gasteiger partial charge < -0.3 is 0 Å². The summed E-state index contributed by atoms with van der Waals surface area (Å²) >= 11 is 0. The lowest BCUT2D eigenvalue weighted by molar-refractivity contribution is -0.544. The molecule has 0 spiro atoms. The average Bonchev–Trinajstić information content (AvgIpc) is 2.33. The van der Waals surface area contributed by atoms with E-state index in [0.29, 0.717) is 0 Å². The monoisotopic (exact) mass is 282 g/mol. The Morgan fingerprint density at radius 1 is 0.600 bits per heavy atom. The van der Waals surface area contributed by atoms with Crippen molar-refractivity contribution < 1.29 is 19.6 Å². The first-order chi connectivity index (χ1) is 9.02. The van der Waals surface area contributed by atoms with Crippen LogP contribution in [0, 0.1) is 0 Å². The Hall–Kier alpha value is -0.940. The van der Waals surface area contributed by atoms with Gasteiger partial charge in [-0.05, 0) is 48.5 Å². The van der Waals surface area contributed by atoms with E-state index in [9.17, 15) is 0 Å². The summed E-state index contributed by atoms with van der Waals surface area (Å²) in [5, 5.41) is 0. The highest BCUT2D eigenvalue weighted by Crippen LogP contribution is 2.30. The Morgan fingerprint density at radius 2 is 1.00 bits per heavy atom. The van der Waals surface area contributed by atoms with E-state index in [1.807, 2.05) is 71.9 Å². The summed E-state index contributed by atoms with van der Waals surface area (Å²) in [5.41, 5.74) is -0.0732. The van der Waals surface area contributed by atoms with Crippen LogP contribution in [0.2, 0.25) is 0 Å². The van der Waals surface area contributed by atoms with Gasteiger partial charge in [0.05, 0.1) is 11.2 Å². The summed E-state index contributed by atoms with van der Waals surface area (Å²) in [4.78, 5) is 21.9. The van der Waals surface area contributed by atoms with Gasteiger partial charge >= 0.3 is 0 Å². The van der Waals surface area contributed by atoms with Gasteiger partial charge in [0.1, 0.15) is 0 Å². The SMILES string of the molecule is CC(C)(C)OOC(C)(OOC(C)(C)C)c1ccccc1. The van der Waals surface area contributed by atoms with Crippen molar-refractivity contribution in [2.75, 3.05) is 0 Å². The summed E-state index contributed by atoms with van der Waals surface area (Å²) in [6, 6.07) is 9.55. The van der Waals surface area contributed by atoms with Crippen LogP contribution in [-0.4, -0.2) is 11.2 Å². The Bertz CT molecular complexity index is 383. The molecule has 0 aliphatic rings. The van der Waals surface area contributed by atoms with E-state index in [2.05, 4.69) is 0 Å². The third kappa shape index (κ3) is 6.01. The van der Waals surface area contributed by atoms with Crippen LogP contribution in [0.3, 0.4) is 0 Å².